The van der Waals surface area contributed by atoms with Crippen LogP contribution in [0.1, 0.15) is 47.5 Å². The van der Waals surface area contributed by atoms with Gasteiger partial charge < -0.3 is 21.1 Å². The number of carbonyl (C=O) groups is 1. The van der Waals surface area contributed by atoms with Gasteiger partial charge in [-0.1, -0.05) is 27.7 Å². The zero-order valence-corrected chi connectivity index (χ0v) is 15.5. The molecule has 4 N–H and O–H groups in total. The van der Waals surface area contributed by atoms with Crippen molar-refractivity contribution in [1.82, 2.24) is 16.0 Å². The molecule has 0 bridgehead atoms. The van der Waals surface area contributed by atoms with Crippen molar-refractivity contribution in [3.8, 4) is 0 Å². The monoisotopic (exact) mass is 328 g/mol. The first kappa shape index (κ1) is 21.7. The Morgan fingerprint density at radius 2 is 1.74 bits per heavy atom. The molecule has 1 amide bonds. The molecule has 0 rings (SSSR count). The number of amides is 1. The van der Waals surface area contributed by atoms with Crippen molar-refractivity contribution < 1.29 is 9.90 Å². The number of guanidine groups is 1. The summed E-state index contributed by atoms with van der Waals surface area (Å²) in [5, 5.41) is 18.5. The molecule has 1 unspecified atom stereocenters. The Hall–Kier alpha value is -1.30. The molecule has 0 aromatic rings. The number of aliphatic imine (C=N–C) groups is 1. The van der Waals surface area contributed by atoms with Crippen LogP contribution in [-0.2, 0) is 4.79 Å². The molecule has 0 saturated carbocycles. The first-order valence-corrected chi connectivity index (χ1v) is 8.81. The van der Waals surface area contributed by atoms with Crippen molar-refractivity contribution in [2.24, 2.45) is 22.7 Å². The van der Waals surface area contributed by atoms with E-state index in [1.807, 2.05) is 20.8 Å². The lowest BCUT2D eigenvalue weighted by Gasteiger charge is -2.17. The predicted molar refractivity (Wildman–Crippen MR) is 96.5 cm³/mol. The number of nitrogens with zero attached hydrogens (tertiary/aromatic N) is 1. The average molecular weight is 329 g/mol. The zero-order chi connectivity index (χ0) is 17.7. The Morgan fingerprint density at radius 1 is 1.09 bits per heavy atom. The quantitative estimate of drug-likeness (QED) is 0.262. The lowest BCUT2D eigenvalue weighted by molar-refractivity contribution is -0.123. The smallest absolute Gasteiger partial charge is 0.222 e. The highest BCUT2D eigenvalue weighted by atomic mass is 16.3. The fourth-order valence-electron chi connectivity index (χ4n) is 2.27. The van der Waals surface area contributed by atoms with Crippen molar-refractivity contribution in [1.29, 1.82) is 0 Å². The number of hydrogen-bond donors (Lipinski definition) is 4. The van der Waals surface area contributed by atoms with E-state index < -0.39 is 0 Å². The molecule has 6 heteroatoms. The minimum atomic E-state index is 0.00665. The van der Waals surface area contributed by atoms with Crippen LogP contribution in [0.2, 0.25) is 0 Å². The number of aliphatic hydroxyl groups is 1. The summed E-state index contributed by atoms with van der Waals surface area (Å²) >= 11 is 0. The van der Waals surface area contributed by atoms with Gasteiger partial charge in [0.05, 0.1) is 0 Å². The molecule has 23 heavy (non-hydrogen) atoms. The topological polar surface area (TPSA) is 85.8 Å². The Balaban J connectivity index is 4.32. The van der Waals surface area contributed by atoms with E-state index in [0.29, 0.717) is 31.5 Å². The highest BCUT2D eigenvalue weighted by Crippen LogP contribution is 2.15. The normalized spacial score (nSPS) is 13.3. The van der Waals surface area contributed by atoms with Crippen molar-refractivity contribution in [3.63, 3.8) is 0 Å². The van der Waals surface area contributed by atoms with E-state index >= 15 is 0 Å². The lowest BCUT2D eigenvalue weighted by Crippen LogP contribution is -2.42. The van der Waals surface area contributed by atoms with Crippen LogP contribution in [-0.4, -0.2) is 49.8 Å². The standard InChI is InChI=1S/C17H36N4O2/c1-6-18-17(20-9-8-19-16(23)14(4)5)21-12-15(7-10-22)11-13(2)3/h13-15,22H,6-12H2,1-5H3,(H,19,23)(H2,18,20,21). The summed E-state index contributed by atoms with van der Waals surface area (Å²) in [6, 6.07) is 0. The van der Waals surface area contributed by atoms with E-state index in [0.717, 1.165) is 25.3 Å². The maximum absolute atomic E-state index is 11.5. The third-order valence-electron chi connectivity index (χ3n) is 3.43. The molecule has 0 aliphatic rings. The molecule has 0 aromatic heterocycles. The third-order valence-corrected chi connectivity index (χ3v) is 3.43. The lowest BCUT2D eigenvalue weighted by atomic mass is 9.94. The molecule has 0 heterocycles. The van der Waals surface area contributed by atoms with Crippen LogP contribution < -0.4 is 16.0 Å². The predicted octanol–water partition coefficient (Wildman–Crippen LogP) is 1.36. The maximum Gasteiger partial charge on any atom is 0.222 e. The van der Waals surface area contributed by atoms with Gasteiger partial charge in [-0.3, -0.25) is 9.79 Å². The summed E-state index contributed by atoms with van der Waals surface area (Å²) in [6.07, 6.45) is 1.85. The van der Waals surface area contributed by atoms with Crippen molar-refractivity contribution in [2.75, 3.05) is 32.8 Å². The number of aliphatic hydroxyl groups excluding tert-OH is 1. The van der Waals surface area contributed by atoms with Crippen molar-refractivity contribution in [3.05, 3.63) is 0 Å². The second kappa shape index (κ2) is 13.2. The van der Waals surface area contributed by atoms with E-state index in [-0.39, 0.29) is 18.4 Å². The van der Waals surface area contributed by atoms with Gasteiger partial charge in [0, 0.05) is 38.7 Å². The molecule has 0 saturated heterocycles. The molecule has 0 spiro atoms. The average Bonchev–Trinajstić information content (AvgIpc) is 2.47. The number of hydrogen-bond acceptors (Lipinski definition) is 3. The van der Waals surface area contributed by atoms with Crippen LogP contribution >= 0.6 is 0 Å². The summed E-state index contributed by atoms with van der Waals surface area (Å²) < 4.78 is 0. The highest BCUT2D eigenvalue weighted by Gasteiger charge is 2.11. The first-order chi connectivity index (χ1) is 10.9. The molecule has 6 nitrogen and oxygen atoms in total. The Kier molecular flexibility index (Phi) is 12.4. The zero-order valence-electron chi connectivity index (χ0n) is 15.5. The summed E-state index contributed by atoms with van der Waals surface area (Å²) in [5.74, 6) is 1.83. The van der Waals surface area contributed by atoms with Crippen LogP contribution in [0.3, 0.4) is 0 Å². The minimum absolute atomic E-state index is 0.00665. The molecule has 0 radical (unpaired) electrons. The molecular formula is C17H36N4O2. The van der Waals surface area contributed by atoms with Gasteiger partial charge in [0.15, 0.2) is 5.96 Å². The second-order valence-corrected chi connectivity index (χ2v) is 6.60. The van der Waals surface area contributed by atoms with Gasteiger partial charge in [-0.05, 0) is 31.6 Å². The summed E-state index contributed by atoms with van der Waals surface area (Å²) in [4.78, 5) is 16.1. The Morgan fingerprint density at radius 3 is 2.26 bits per heavy atom. The van der Waals surface area contributed by atoms with Crippen LogP contribution in [0.4, 0.5) is 0 Å². The maximum atomic E-state index is 11.5. The molecule has 0 aliphatic carbocycles. The highest BCUT2D eigenvalue weighted by molar-refractivity contribution is 5.80. The largest absolute Gasteiger partial charge is 0.396 e. The van der Waals surface area contributed by atoms with Gasteiger partial charge in [-0.15, -0.1) is 0 Å². The SMILES string of the molecule is CCNC(=NCC(CCO)CC(C)C)NCCNC(=O)C(C)C. The second-order valence-electron chi connectivity index (χ2n) is 6.60. The Bertz CT molecular complexity index is 343. The van der Waals surface area contributed by atoms with Gasteiger partial charge in [-0.25, -0.2) is 0 Å². The Labute approximate surface area is 141 Å². The number of rotatable bonds is 11. The van der Waals surface area contributed by atoms with Gasteiger partial charge in [0.25, 0.3) is 0 Å². The molecule has 0 fully saturated rings. The number of carbonyl (C=O) groups excluding carboxylic acids is 1. The van der Waals surface area contributed by atoms with Gasteiger partial charge in [-0.2, -0.15) is 0 Å². The minimum Gasteiger partial charge on any atom is -0.396 e. The van der Waals surface area contributed by atoms with Crippen LogP contribution in [0.5, 0.6) is 0 Å². The van der Waals surface area contributed by atoms with Crippen LogP contribution in [0, 0.1) is 17.8 Å². The first-order valence-electron chi connectivity index (χ1n) is 8.81. The molecular weight excluding hydrogens is 292 g/mol. The summed E-state index contributed by atoms with van der Waals surface area (Å²) in [7, 11) is 0. The van der Waals surface area contributed by atoms with Crippen molar-refractivity contribution in [2.45, 2.75) is 47.5 Å². The molecule has 0 aromatic carbocycles. The number of nitrogens with one attached hydrogen (secondary N) is 3. The molecule has 0 aliphatic heterocycles. The summed E-state index contributed by atoms with van der Waals surface area (Å²) in [6.45, 7) is 13.1. The van der Waals surface area contributed by atoms with E-state index in [9.17, 15) is 4.79 Å². The van der Waals surface area contributed by atoms with Gasteiger partial charge >= 0.3 is 0 Å². The van der Waals surface area contributed by atoms with E-state index in [1.54, 1.807) is 0 Å². The van der Waals surface area contributed by atoms with E-state index in [1.165, 1.54) is 0 Å². The van der Waals surface area contributed by atoms with Gasteiger partial charge in [0.1, 0.15) is 0 Å². The molecule has 1 atom stereocenters. The fourth-order valence-corrected chi connectivity index (χ4v) is 2.27. The third kappa shape index (κ3) is 11.9. The van der Waals surface area contributed by atoms with E-state index in [2.05, 4.69) is 34.8 Å². The fraction of sp³-hybridized carbons (Fsp3) is 0.882. The van der Waals surface area contributed by atoms with Crippen LogP contribution in [0.15, 0.2) is 4.99 Å². The molecule has 136 valence electrons. The van der Waals surface area contributed by atoms with Gasteiger partial charge in [0.2, 0.25) is 5.91 Å². The van der Waals surface area contributed by atoms with Crippen molar-refractivity contribution >= 4 is 11.9 Å². The van der Waals surface area contributed by atoms with E-state index in [4.69, 9.17) is 5.11 Å². The van der Waals surface area contributed by atoms with Crippen LogP contribution in [0.25, 0.3) is 0 Å². The summed E-state index contributed by atoms with van der Waals surface area (Å²) in [5.41, 5.74) is 0.